The number of ether oxygens (including phenoxy) is 1. The molecule has 0 saturated carbocycles. The Morgan fingerprint density at radius 2 is 2.54 bits per heavy atom. The summed E-state index contributed by atoms with van der Waals surface area (Å²) in [5, 5.41) is 19.8. The first kappa shape index (κ1) is 7.85. The van der Waals surface area contributed by atoms with E-state index >= 15 is 0 Å². The van der Waals surface area contributed by atoms with E-state index in [-0.39, 0.29) is 12.5 Å². The lowest BCUT2D eigenvalue weighted by molar-refractivity contribution is -0.611. The smallest absolute Gasteiger partial charge is 0.383 e. The standard InChI is InChI=1S/C8H7NO4/c10-8(11)6-4-13-7-5(6)2-1-3-9(7)12/h1-3,6H,4H2,(H,10,11). The van der Waals surface area contributed by atoms with E-state index in [9.17, 15) is 10.0 Å². The highest BCUT2D eigenvalue weighted by atomic mass is 16.6. The van der Waals surface area contributed by atoms with Crippen molar-refractivity contribution >= 4 is 5.97 Å². The fourth-order valence-corrected chi connectivity index (χ4v) is 1.36. The predicted octanol–water partition coefficient (Wildman–Crippen LogP) is -0.119. The third kappa shape index (κ3) is 1.09. The van der Waals surface area contributed by atoms with Gasteiger partial charge in [0.25, 0.3) is 0 Å². The number of carbonyl (C=O) groups is 1. The molecule has 5 nitrogen and oxygen atoms in total. The van der Waals surface area contributed by atoms with Gasteiger partial charge in [0, 0.05) is 6.07 Å². The number of carboxylic acid groups (broad SMARTS) is 1. The number of pyridine rings is 1. The van der Waals surface area contributed by atoms with E-state index in [2.05, 4.69) is 0 Å². The van der Waals surface area contributed by atoms with Crippen LogP contribution >= 0.6 is 0 Å². The minimum atomic E-state index is -0.968. The number of hydrogen-bond donors (Lipinski definition) is 1. The van der Waals surface area contributed by atoms with Crippen LogP contribution in [0.4, 0.5) is 0 Å². The number of hydrogen-bond acceptors (Lipinski definition) is 3. The van der Waals surface area contributed by atoms with Crippen LogP contribution in [0.5, 0.6) is 5.88 Å². The topological polar surface area (TPSA) is 73.5 Å². The lowest BCUT2D eigenvalue weighted by atomic mass is 10.0. The Balaban J connectivity index is 2.49. The van der Waals surface area contributed by atoms with Crippen molar-refractivity contribution in [3.8, 4) is 5.88 Å². The molecule has 0 radical (unpaired) electrons. The van der Waals surface area contributed by atoms with E-state index in [4.69, 9.17) is 9.84 Å². The third-order valence-corrected chi connectivity index (χ3v) is 2.00. The Bertz CT molecular complexity index is 363. The molecule has 5 heteroatoms. The molecule has 0 aromatic carbocycles. The van der Waals surface area contributed by atoms with Crippen LogP contribution in [0.3, 0.4) is 0 Å². The van der Waals surface area contributed by atoms with Gasteiger partial charge in [0.05, 0.1) is 5.56 Å². The van der Waals surface area contributed by atoms with Gasteiger partial charge in [0.1, 0.15) is 12.5 Å². The van der Waals surface area contributed by atoms with Crippen LogP contribution in [-0.4, -0.2) is 17.7 Å². The zero-order valence-electron chi connectivity index (χ0n) is 6.64. The van der Waals surface area contributed by atoms with Gasteiger partial charge in [-0.3, -0.25) is 4.79 Å². The van der Waals surface area contributed by atoms with Crippen molar-refractivity contribution in [1.29, 1.82) is 0 Å². The van der Waals surface area contributed by atoms with Gasteiger partial charge in [-0.25, -0.2) is 0 Å². The van der Waals surface area contributed by atoms with E-state index in [1.54, 1.807) is 6.07 Å². The molecule has 0 fully saturated rings. The fraction of sp³-hybridized carbons (Fsp3) is 0.250. The summed E-state index contributed by atoms with van der Waals surface area (Å²) in [5.41, 5.74) is 0.449. The second-order valence-corrected chi connectivity index (χ2v) is 2.80. The SMILES string of the molecule is O=C(O)C1COc2c1ccc[n+]2[O-]. The average molecular weight is 181 g/mol. The zero-order valence-corrected chi connectivity index (χ0v) is 6.64. The second kappa shape index (κ2) is 2.62. The number of carboxylic acids is 1. The Morgan fingerprint density at radius 1 is 1.77 bits per heavy atom. The molecule has 68 valence electrons. The summed E-state index contributed by atoms with van der Waals surface area (Å²) in [5.74, 6) is -1.57. The summed E-state index contributed by atoms with van der Waals surface area (Å²) in [6.07, 6.45) is 1.28. The van der Waals surface area contributed by atoms with Crippen molar-refractivity contribution < 1.29 is 19.4 Å². The molecule has 1 unspecified atom stereocenters. The van der Waals surface area contributed by atoms with E-state index < -0.39 is 11.9 Å². The molecule has 2 heterocycles. The number of aliphatic carboxylic acids is 1. The molecular weight excluding hydrogens is 174 g/mol. The summed E-state index contributed by atoms with van der Waals surface area (Å²) in [7, 11) is 0. The van der Waals surface area contributed by atoms with Crippen LogP contribution in [0.25, 0.3) is 0 Å². The van der Waals surface area contributed by atoms with Crippen molar-refractivity contribution in [1.82, 2.24) is 0 Å². The molecule has 0 spiro atoms. The molecule has 13 heavy (non-hydrogen) atoms. The monoisotopic (exact) mass is 181 g/mol. The molecule has 1 atom stereocenters. The highest BCUT2D eigenvalue weighted by Crippen LogP contribution is 2.30. The van der Waals surface area contributed by atoms with E-state index in [0.29, 0.717) is 10.3 Å². The van der Waals surface area contributed by atoms with Gasteiger partial charge in [-0.05, 0) is 6.07 Å². The van der Waals surface area contributed by atoms with Crippen LogP contribution in [0.1, 0.15) is 11.5 Å². The number of rotatable bonds is 1. The zero-order chi connectivity index (χ0) is 9.42. The summed E-state index contributed by atoms with van der Waals surface area (Å²) >= 11 is 0. The minimum Gasteiger partial charge on any atom is -0.616 e. The Labute approximate surface area is 73.8 Å². The van der Waals surface area contributed by atoms with Crippen molar-refractivity contribution in [2.45, 2.75) is 5.92 Å². The maximum Gasteiger partial charge on any atom is 0.383 e. The molecule has 0 saturated heterocycles. The third-order valence-electron chi connectivity index (χ3n) is 2.00. The first-order chi connectivity index (χ1) is 6.20. The quantitative estimate of drug-likeness (QED) is 0.484. The molecule has 0 bridgehead atoms. The van der Waals surface area contributed by atoms with Gasteiger partial charge in [0.2, 0.25) is 0 Å². The minimum absolute atomic E-state index is 0.0386. The largest absolute Gasteiger partial charge is 0.616 e. The summed E-state index contributed by atoms with van der Waals surface area (Å²) in [4.78, 5) is 10.7. The normalized spacial score (nSPS) is 19.2. The Hall–Kier alpha value is -1.78. The lowest BCUT2D eigenvalue weighted by Gasteiger charge is -2.00. The Kier molecular flexibility index (Phi) is 1.58. The van der Waals surface area contributed by atoms with Crippen LogP contribution in [0.2, 0.25) is 0 Å². The van der Waals surface area contributed by atoms with Crippen molar-refractivity contribution in [2.24, 2.45) is 0 Å². The highest BCUT2D eigenvalue weighted by molar-refractivity contribution is 5.77. The predicted molar refractivity (Wildman–Crippen MR) is 41.3 cm³/mol. The van der Waals surface area contributed by atoms with Gasteiger partial charge >= 0.3 is 11.8 Å². The molecule has 0 aliphatic carbocycles. The first-order valence-electron chi connectivity index (χ1n) is 3.78. The van der Waals surface area contributed by atoms with Crippen molar-refractivity contribution in [3.63, 3.8) is 0 Å². The molecule has 1 aromatic rings. The van der Waals surface area contributed by atoms with Crippen LogP contribution in [0.15, 0.2) is 18.3 Å². The number of fused-ring (bicyclic) bond motifs is 1. The summed E-state index contributed by atoms with van der Waals surface area (Å²) in [6, 6.07) is 3.10. The van der Waals surface area contributed by atoms with Gasteiger partial charge in [-0.2, -0.15) is 0 Å². The van der Waals surface area contributed by atoms with Crippen molar-refractivity contribution in [3.05, 3.63) is 29.1 Å². The Morgan fingerprint density at radius 3 is 3.23 bits per heavy atom. The lowest BCUT2D eigenvalue weighted by Crippen LogP contribution is -2.27. The van der Waals surface area contributed by atoms with Gasteiger partial charge in [-0.15, -0.1) is 4.73 Å². The van der Waals surface area contributed by atoms with E-state index in [1.807, 2.05) is 0 Å². The first-order valence-corrected chi connectivity index (χ1v) is 3.78. The molecule has 1 aromatic heterocycles. The number of nitrogens with zero attached hydrogens (tertiary/aromatic N) is 1. The molecule has 2 rings (SSSR count). The molecule has 1 aliphatic rings. The van der Waals surface area contributed by atoms with Crippen LogP contribution < -0.4 is 9.47 Å². The summed E-state index contributed by atoms with van der Waals surface area (Å²) < 4.78 is 5.51. The second-order valence-electron chi connectivity index (χ2n) is 2.80. The maximum absolute atomic E-state index is 11.1. The fourth-order valence-electron chi connectivity index (χ4n) is 1.36. The van der Waals surface area contributed by atoms with Crippen LogP contribution in [0, 0.1) is 5.21 Å². The van der Waals surface area contributed by atoms with Gasteiger partial charge in [0.15, 0.2) is 6.20 Å². The number of aromatic nitrogens is 1. The molecular formula is C8H7NO4. The van der Waals surface area contributed by atoms with E-state index in [0.717, 1.165) is 0 Å². The highest BCUT2D eigenvalue weighted by Gasteiger charge is 2.35. The van der Waals surface area contributed by atoms with Gasteiger partial charge in [-0.1, -0.05) is 0 Å². The van der Waals surface area contributed by atoms with Crippen molar-refractivity contribution in [2.75, 3.05) is 6.61 Å². The average Bonchev–Trinajstić information content (AvgIpc) is 2.48. The van der Waals surface area contributed by atoms with Crippen LogP contribution in [-0.2, 0) is 4.79 Å². The summed E-state index contributed by atoms with van der Waals surface area (Å²) in [6.45, 7) is 0.0386. The molecule has 1 aliphatic heterocycles. The van der Waals surface area contributed by atoms with Gasteiger partial charge < -0.3 is 15.1 Å². The molecule has 0 amide bonds. The van der Waals surface area contributed by atoms with E-state index in [1.165, 1.54) is 12.3 Å². The maximum atomic E-state index is 11.1. The molecule has 1 N–H and O–H groups in total.